The molecule has 0 saturated heterocycles. The van der Waals surface area contributed by atoms with Gasteiger partial charge in [-0.3, -0.25) is 14.4 Å². The van der Waals surface area contributed by atoms with Crippen molar-refractivity contribution in [1.29, 1.82) is 0 Å². The van der Waals surface area contributed by atoms with Gasteiger partial charge in [0.1, 0.15) is 18.1 Å². The normalized spacial score (nSPS) is 14.8. The van der Waals surface area contributed by atoms with Gasteiger partial charge in [-0.15, -0.1) is 0 Å². The number of unbranched alkanes of at least 4 members (excludes halogenated alkanes) is 2. The third kappa shape index (κ3) is 14.7. The van der Waals surface area contributed by atoms with E-state index in [2.05, 4.69) is 16.0 Å². The number of carboxylic acids is 1. The monoisotopic (exact) mass is 500 g/mol. The van der Waals surface area contributed by atoms with Crippen molar-refractivity contribution in [1.82, 2.24) is 16.0 Å². The predicted octanol–water partition coefficient (Wildman–Crippen LogP) is 0.203. The second-order valence-corrected chi connectivity index (χ2v) is 9.96. The Kier molecular flexibility index (Phi) is 16.9. The summed E-state index contributed by atoms with van der Waals surface area (Å²) in [7, 11) is 0. The fourth-order valence-corrected chi connectivity index (χ4v) is 3.62. The zero-order valence-corrected chi connectivity index (χ0v) is 21.8. The molecular weight excluding hydrogens is 452 g/mol. The molecule has 0 aromatic heterocycles. The number of carbonyl (C=O) groups is 4. The van der Waals surface area contributed by atoms with Gasteiger partial charge in [0.25, 0.3) is 0 Å². The van der Waals surface area contributed by atoms with Crippen molar-refractivity contribution in [3.05, 3.63) is 0 Å². The van der Waals surface area contributed by atoms with Gasteiger partial charge >= 0.3 is 5.97 Å². The highest BCUT2D eigenvalue weighted by Gasteiger charge is 2.30. The Bertz CT molecular complexity index is 658. The zero-order valence-electron chi connectivity index (χ0n) is 21.8. The smallest absolute Gasteiger partial charge is 0.326 e. The van der Waals surface area contributed by atoms with Crippen LogP contribution in [-0.2, 0) is 19.2 Å². The Labute approximate surface area is 209 Å². The summed E-state index contributed by atoms with van der Waals surface area (Å²) in [5, 5.41) is 17.5. The molecule has 4 atom stereocenters. The summed E-state index contributed by atoms with van der Waals surface area (Å²) in [4.78, 5) is 50.3. The lowest BCUT2D eigenvalue weighted by Gasteiger charge is -2.26. The summed E-state index contributed by atoms with van der Waals surface area (Å²) >= 11 is 0. The van der Waals surface area contributed by atoms with Gasteiger partial charge in [-0.1, -0.05) is 34.1 Å². The quantitative estimate of drug-likeness (QED) is 0.122. The van der Waals surface area contributed by atoms with Gasteiger partial charge in [0.05, 0.1) is 6.04 Å². The van der Waals surface area contributed by atoms with Gasteiger partial charge < -0.3 is 38.3 Å². The summed E-state index contributed by atoms with van der Waals surface area (Å²) < 4.78 is 0. The lowest BCUT2D eigenvalue weighted by molar-refractivity contribution is -0.143. The number of carboxylic acid groups (broad SMARTS) is 1. The third-order valence-electron chi connectivity index (χ3n) is 5.55. The van der Waals surface area contributed by atoms with Crippen LogP contribution in [0.5, 0.6) is 0 Å². The van der Waals surface area contributed by atoms with Crippen LogP contribution in [0, 0.1) is 11.8 Å². The standard InChI is InChI=1S/C24H48N6O5/c1-15(2)13-19(23(33)30-20(24(34)35)14-16(3)4)29-22(32)18(10-6-8-12-26)28-21(31)17(27)9-5-7-11-25/h15-20H,5-14,25-27H2,1-4H3,(H,28,31)(H,29,32)(H,30,33)(H,34,35)/t17-,18-,19-,20-/m0/s1. The number of hydrogen-bond donors (Lipinski definition) is 7. The minimum absolute atomic E-state index is 0.0562. The number of nitrogens with two attached hydrogens (primary N) is 3. The van der Waals surface area contributed by atoms with E-state index in [0.717, 1.165) is 6.42 Å². The molecule has 0 unspecified atom stereocenters. The van der Waals surface area contributed by atoms with Crippen LogP contribution in [0.1, 0.15) is 79.1 Å². The highest BCUT2D eigenvalue weighted by atomic mass is 16.4. The second-order valence-electron chi connectivity index (χ2n) is 9.96. The molecule has 0 radical (unpaired) electrons. The molecule has 11 nitrogen and oxygen atoms in total. The van der Waals surface area contributed by atoms with Gasteiger partial charge in [0.2, 0.25) is 17.7 Å². The third-order valence-corrected chi connectivity index (χ3v) is 5.55. The summed E-state index contributed by atoms with van der Waals surface area (Å²) in [6.45, 7) is 8.49. The van der Waals surface area contributed by atoms with Crippen molar-refractivity contribution in [3.63, 3.8) is 0 Å². The molecule has 0 fully saturated rings. The van der Waals surface area contributed by atoms with E-state index in [0.29, 0.717) is 51.6 Å². The van der Waals surface area contributed by atoms with E-state index >= 15 is 0 Å². The van der Waals surface area contributed by atoms with Gasteiger partial charge in [-0.25, -0.2) is 4.79 Å². The maximum absolute atomic E-state index is 13.1. The zero-order chi connectivity index (χ0) is 27.0. The molecule has 0 rings (SSSR count). The average Bonchev–Trinajstić information content (AvgIpc) is 2.76. The Balaban J connectivity index is 5.44. The molecule has 11 heteroatoms. The van der Waals surface area contributed by atoms with Gasteiger partial charge in [-0.05, 0) is 69.9 Å². The van der Waals surface area contributed by atoms with Crippen LogP contribution in [0.25, 0.3) is 0 Å². The van der Waals surface area contributed by atoms with Crippen LogP contribution in [0.4, 0.5) is 0 Å². The van der Waals surface area contributed by atoms with E-state index in [4.69, 9.17) is 17.2 Å². The molecule has 3 amide bonds. The molecule has 0 aromatic carbocycles. The molecule has 0 aliphatic carbocycles. The summed E-state index contributed by atoms with van der Waals surface area (Å²) in [6.07, 6.45) is 4.10. The van der Waals surface area contributed by atoms with Crippen molar-refractivity contribution in [2.75, 3.05) is 13.1 Å². The first kappa shape index (κ1) is 32.8. The topological polar surface area (TPSA) is 203 Å². The first-order valence-corrected chi connectivity index (χ1v) is 12.7. The number of rotatable bonds is 19. The molecule has 0 saturated carbocycles. The van der Waals surface area contributed by atoms with Crippen molar-refractivity contribution in [2.45, 2.75) is 103 Å². The summed E-state index contributed by atoms with van der Waals surface area (Å²) in [5.74, 6) is -2.53. The SMILES string of the molecule is CC(C)C[C@H](NC(=O)[C@H](CC(C)C)NC(=O)[C@H](CCCCN)NC(=O)[C@@H](N)CCCCN)C(=O)O. The van der Waals surface area contributed by atoms with Crippen LogP contribution >= 0.6 is 0 Å². The maximum Gasteiger partial charge on any atom is 0.326 e. The van der Waals surface area contributed by atoms with Crippen molar-refractivity contribution < 1.29 is 24.3 Å². The molecule has 10 N–H and O–H groups in total. The van der Waals surface area contributed by atoms with E-state index in [1.807, 2.05) is 27.7 Å². The van der Waals surface area contributed by atoms with E-state index in [1.165, 1.54) is 0 Å². The van der Waals surface area contributed by atoms with Crippen LogP contribution in [0.15, 0.2) is 0 Å². The first-order chi connectivity index (χ1) is 16.4. The van der Waals surface area contributed by atoms with Crippen molar-refractivity contribution in [3.8, 4) is 0 Å². The van der Waals surface area contributed by atoms with Crippen LogP contribution in [0.3, 0.4) is 0 Å². The van der Waals surface area contributed by atoms with E-state index in [-0.39, 0.29) is 18.3 Å². The Hall–Kier alpha value is -2.24. The van der Waals surface area contributed by atoms with Crippen LogP contribution in [-0.4, -0.2) is 66.1 Å². The van der Waals surface area contributed by atoms with Gasteiger partial charge in [0.15, 0.2) is 0 Å². The van der Waals surface area contributed by atoms with Crippen molar-refractivity contribution >= 4 is 23.7 Å². The Morgan fingerprint density at radius 1 is 0.657 bits per heavy atom. The number of hydrogen-bond acceptors (Lipinski definition) is 7. The van der Waals surface area contributed by atoms with Gasteiger partial charge in [-0.2, -0.15) is 0 Å². The van der Waals surface area contributed by atoms with Crippen LogP contribution in [0.2, 0.25) is 0 Å². The lowest BCUT2D eigenvalue weighted by atomic mass is 9.99. The molecule has 0 aliphatic rings. The predicted molar refractivity (Wildman–Crippen MR) is 136 cm³/mol. The number of aliphatic carboxylic acids is 1. The molecule has 204 valence electrons. The lowest BCUT2D eigenvalue weighted by Crippen LogP contribution is -2.57. The largest absolute Gasteiger partial charge is 0.480 e. The molecule has 0 heterocycles. The van der Waals surface area contributed by atoms with Gasteiger partial charge in [0, 0.05) is 0 Å². The number of nitrogens with one attached hydrogen (secondary N) is 3. The van der Waals surface area contributed by atoms with Crippen LogP contribution < -0.4 is 33.2 Å². The molecule has 0 bridgehead atoms. The number of amides is 3. The average molecular weight is 501 g/mol. The first-order valence-electron chi connectivity index (χ1n) is 12.7. The second kappa shape index (κ2) is 18.1. The summed E-state index contributed by atoms with van der Waals surface area (Å²) in [5.41, 5.74) is 17.0. The maximum atomic E-state index is 13.1. The minimum Gasteiger partial charge on any atom is -0.480 e. The molecule has 0 aromatic rings. The van der Waals surface area contributed by atoms with Crippen molar-refractivity contribution in [2.24, 2.45) is 29.0 Å². The molecule has 0 aliphatic heterocycles. The minimum atomic E-state index is -1.13. The van der Waals surface area contributed by atoms with E-state index in [9.17, 15) is 24.3 Å². The highest BCUT2D eigenvalue weighted by Crippen LogP contribution is 2.10. The Morgan fingerprint density at radius 2 is 1.09 bits per heavy atom. The molecule has 0 spiro atoms. The van der Waals surface area contributed by atoms with E-state index in [1.54, 1.807) is 0 Å². The molecule has 35 heavy (non-hydrogen) atoms. The highest BCUT2D eigenvalue weighted by molar-refractivity contribution is 5.94. The number of carbonyl (C=O) groups excluding carboxylic acids is 3. The van der Waals surface area contributed by atoms with E-state index < -0.39 is 47.9 Å². The summed E-state index contributed by atoms with van der Waals surface area (Å²) in [6, 6.07) is -3.65. The fourth-order valence-electron chi connectivity index (χ4n) is 3.62. The Morgan fingerprint density at radius 3 is 1.57 bits per heavy atom. The fraction of sp³-hybridized carbons (Fsp3) is 0.833. The molecular formula is C24H48N6O5.